The molecule has 14 N–H and O–H groups in total. The molecule has 2 rings (SSSR count). The Balaban J connectivity index is 2.37. The number of nitrogens with zero attached hydrogens (tertiary/aromatic N) is 1. The molecule has 1 fully saturated rings. The second kappa shape index (κ2) is 23.5. The van der Waals surface area contributed by atoms with Crippen LogP contribution in [0.15, 0.2) is 24.3 Å². The van der Waals surface area contributed by atoms with Crippen molar-refractivity contribution in [1.82, 2.24) is 36.8 Å². The van der Waals surface area contributed by atoms with Crippen LogP contribution in [0, 0.1) is 11.8 Å². The Hall–Kier alpha value is -5.83. The van der Waals surface area contributed by atoms with E-state index in [1.54, 1.807) is 39.8 Å². The number of likely N-dealkylation sites (tertiary alicyclic amines) is 1. The van der Waals surface area contributed by atoms with Gasteiger partial charge in [-0.2, -0.15) is 0 Å². The molecule has 1 aliphatic heterocycles. The number of rotatable bonds is 24. The Morgan fingerprint density at radius 3 is 1.83 bits per heavy atom. The molecule has 328 valence electrons. The second-order valence-corrected chi connectivity index (χ2v) is 15.3. The number of nitrogens with one attached hydrogen (secondary N) is 6. The molecular weight excluding hydrogens is 772 g/mol. The first-order chi connectivity index (χ1) is 27.6. The average molecular weight is 833 g/mol. The lowest BCUT2D eigenvalue weighted by atomic mass is 9.99. The third-order valence-electron chi connectivity index (χ3n) is 9.63. The maximum Gasteiger partial charge on any atom is 0.245 e. The lowest BCUT2D eigenvalue weighted by molar-refractivity contribution is -0.135. The van der Waals surface area contributed by atoms with Crippen molar-refractivity contribution in [1.29, 1.82) is 0 Å². The first-order valence-corrected chi connectivity index (χ1v) is 19.4. The molecule has 1 aromatic rings. The molecule has 1 heterocycles. The molecule has 59 heavy (non-hydrogen) atoms. The highest BCUT2D eigenvalue weighted by molar-refractivity contribution is 5.96. The molecule has 0 bridgehead atoms. The largest absolute Gasteiger partial charge is 0.508 e. The van der Waals surface area contributed by atoms with Crippen LogP contribution in [0.5, 0.6) is 5.75 Å². The van der Waals surface area contributed by atoms with Gasteiger partial charge in [-0.25, -0.2) is 0 Å². The number of carbonyl (C=O) groups excluding carboxylic acids is 9. The second-order valence-electron chi connectivity index (χ2n) is 15.3. The van der Waals surface area contributed by atoms with Crippen molar-refractivity contribution < 1.29 is 53.4 Å². The Bertz CT molecular complexity index is 1670. The molecule has 0 aliphatic carbocycles. The normalized spacial score (nSPS) is 17.1. The van der Waals surface area contributed by atoms with Crippen LogP contribution in [-0.4, -0.2) is 130 Å². The zero-order valence-corrected chi connectivity index (χ0v) is 34.1. The van der Waals surface area contributed by atoms with E-state index in [1.165, 1.54) is 12.1 Å². The van der Waals surface area contributed by atoms with Gasteiger partial charge >= 0.3 is 0 Å². The number of aliphatic hydroxyl groups is 1. The third-order valence-corrected chi connectivity index (χ3v) is 9.63. The molecule has 0 saturated carbocycles. The highest BCUT2D eigenvalue weighted by Crippen LogP contribution is 2.20. The van der Waals surface area contributed by atoms with Crippen LogP contribution in [0.2, 0.25) is 0 Å². The van der Waals surface area contributed by atoms with Crippen molar-refractivity contribution in [2.24, 2.45) is 29.0 Å². The first-order valence-electron chi connectivity index (χ1n) is 19.4. The van der Waals surface area contributed by atoms with E-state index in [0.717, 1.165) is 6.92 Å². The molecule has 0 spiro atoms. The number of phenolic OH excluding ortho intramolecular Hbond substituents is 1. The minimum absolute atomic E-state index is 0.00509. The summed E-state index contributed by atoms with van der Waals surface area (Å²) in [5, 5.41) is 34.7. The van der Waals surface area contributed by atoms with E-state index in [9.17, 15) is 53.4 Å². The van der Waals surface area contributed by atoms with Gasteiger partial charge in [0.15, 0.2) is 0 Å². The van der Waals surface area contributed by atoms with Gasteiger partial charge in [0.2, 0.25) is 53.2 Å². The van der Waals surface area contributed by atoms with Gasteiger partial charge in [0, 0.05) is 25.9 Å². The lowest BCUT2D eigenvalue weighted by Crippen LogP contribution is -2.60. The number of primary amides is 3. The minimum atomic E-state index is -1.60. The van der Waals surface area contributed by atoms with Crippen LogP contribution in [0.1, 0.15) is 72.3 Å². The monoisotopic (exact) mass is 832 g/mol. The van der Waals surface area contributed by atoms with Crippen LogP contribution in [-0.2, 0) is 49.6 Å². The molecule has 0 radical (unpaired) electrons. The van der Waals surface area contributed by atoms with Gasteiger partial charge in [0.05, 0.1) is 19.1 Å². The smallest absolute Gasteiger partial charge is 0.245 e. The van der Waals surface area contributed by atoms with E-state index in [-0.39, 0.29) is 43.4 Å². The molecule has 21 nitrogen and oxygen atoms in total. The molecule has 1 aliphatic rings. The maximum atomic E-state index is 13.9. The Labute approximate surface area is 342 Å². The van der Waals surface area contributed by atoms with Crippen LogP contribution < -0.4 is 49.1 Å². The summed E-state index contributed by atoms with van der Waals surface area (Å²) >= 11 is 0. The SMILES string of the molecule is CC(=O)N[C@@H](CO)C(=O)N[C@@H](CCC(N)=O)C(=O)N[C@@H](CC(N)=O)C(=O)NC(Cc1ccc(O)cc1)CN1CCC[C@H]1C(=O)N[C@H](C(=O)N[C@H](C(N)=O)C(C)C)C(C)C. The number of carbonyl (C=O) groups is 9. The van der Waals surface area contributed by atoms with Crippen molar-refractivity contribution in [3.05, 3.63) is 29.8 Å². The van der Waals surface area contributed by atoms with Crippen molar-refractivity contribution in [3.63, 3.8) is 0 Å². The van der Waals surface area contributed by atoms with E-state index < -0.39 is 108 Å². The summed E-state index contributed by atoms with van der Waals surface area (Å²) in [6.07, 6.45) is -0.273. The summed E-state index contributed by atoms with van der Waals surface area (Å²) in [4.78, 5) is 116. The van der Waals surface area contributed by atoms with Crippen LogP contribution in [0.3, 0.4) is 0 Å². The Kier molecular flexibility index (Phi) is 19.7. The van der Waals surface area contributed by atoms with Gasteiger partial charge in [-0.3, -0.25) is 48.1 Å². The predicted molar refractivity (Wildman–Crippen MR) is 212 cm³/mol. The fraction of sp³-hybridized carbons (Fsp3) is 0.605. The maximum absolute atomic E-state index is 13.9. The van der Waals surface area contributed by atoms with Gasteiger partial charge in [-0.15, -0.1) is 0 Å². The van der Waals surface area contributed by atoms with Crippen LogP contribution >= 0.6 is 0 Å². The number of aromatic hydroxyl groups is 1. The fourth-order valence-electron chi connectivity index (χ4n) is 6.55. The topological polar surface area (TPSA) is 348 Å². The number of benzene rings is 1. The van der Waals surface area contributed by atoms with E-state index in [1.807, 2.05) is 4.90 Å². The molecule has 1 saturated heterocycles. The van der Waals surface area contributed by atoms with E-state index >= 15 is 0 Å². The zero-order chi connectivity index (χ0) is 44.6. The summed E-state index contributed by atoms with van der Waals surface area (Å²) < 4.78 is 0. The zero-order valence-electron chi connectivity index (χ0n) is 34.1. The summed E-state index contributed by atoms with van der Waals surface area (Å²) in [6.45, 7) is 7.69. The highest BCUT2D eigenvalue weighted by Gasteiger charge is 2.37. The number of hydrogen-bond donors (Lipinski definition) is 11. The van der Waals surface area contributed by atoms with Gasteiger partial charge < -0.3 is 59.3 Å². The molecule has 9 amide bonds. The molecule has 1 unspecified atom stereocenters. The van der Waals surface area contributed by atoms with Crippen molar-refractivity contribution in [2.45, 2.75) is 115 Å². The van der Waals surface area contributed by atoms with Crippen LogP contribution in [0.25, 0.3) is 0 Å². The van der Waals surface area contributed by atoms with Gasteiger partial charge in [-0.05, 0) is 61.8 Å². The Morgan fingerprint density at radius 1 is 0.729 bits per heavy atom. The van der Waals surface area contributed by atoms with E-state index in [2.05, 4.69) is 31.9 Å². The number of hydrogen-bond acceptors (Lipinski definition) is 12. The first kappa shape index (κ1) is 49.3. The van der Waals surface area contributed by atoms with Gasteiger partial charge in [-0.1, -0.05) is 39.8 Å². The summed E-state index contributed by atoms with van der Waals surface area (Å²) in [5.41, 5.74) is 16.9. The van der Waals surface area contributed by atoms with Crippen molar-refractivity contribution in [3.8, 4) is 5.75 Å². The molecule has 21 heteroatoms. The number of nitrogens with two attached hydrogens (primary N) is 3. The number of aliphatic hydroxyl groups excluding tert-OH is 1. The van der Waals surface area contributed by atoms with Gasteiger partial charge in [0.1, 0.15) is 36.0 Å². The lowest BCUT2D eigenvalue weighted by Gasteiger charge is -2.32. The molecule has 1 aromatic carbocycles. The number of amides is 9. The third kappa shape index (κ3) is 16.5. The molecule has 7 atom stereocenters. The quantitative estimate of drug-likeness (QED) is 0.0479. The van der Waals surface area contributed by atoms with E-state index in [0.29, 0.717) is 24.9 Å². The minimum Gasteiger partial charge on any atom is -0.508 e. The fourth-order valence-corrected chi connectivity index (χ4v) is 6.55. The average Bonchev–Trinajstić information content (AvgIpc) is 3.61. The molecular formula is C38H60N10O11. The Morgan fingerprint density at radius 2 is 1.31 bits per heavy atom. The predicted octanol–water partition coefficient (Wildman–Crippen LogP) is -3.74. The summed E-state index contributed by atoms with van der Waals surface area (Å²) in [7, 11) is 0. The standard InChI is InChI=1S/C38H60N10O11/c1-19(2)31(33(41)54)46-38(59)32(20(3)4)47-37(58)28-7-6-14-48(28)17-23(15-22-8-10-24(51)11-9-22)43-35(56)26(16-30(40)53)45-34(55)25(12-13-29(39)52)44-36(57)27(18-49)42-21(5)50/h8-11,19-20,23,25-28,31-32,49,51H,6-7,12-18H2,1-5H3,(H2,39,52)(H2,40,53)(H2,41,54)(H,42,50)(H,43,56)(H,44,57)(H,45,55)(H,46,59)(H,47,58)/t23?,25-,26-,27-,28-,31-,32-/m0/s1. The number of phenols is 1. The summed E-state index contributed by atoms with van der Waals surface area (Å²) in [5.74, 6) is -7.72. The van der Waals surface area contributed by atoms with Crippen molar-refractivity contribution >= 4 is 53.2 Å². The molecule has 0 aromatic heterocycles. The van der Waals surface area contributed by atoms with E-state index in [4.69, 9.17) is 17.2 Å². The van der Waals surface area contributed by atoms with Gasteiger partial charge in [0.25, 0.3) is 0 Å². The van der Waals surface area contributed by atoms with Crippen LogP contribution in [0.4, 0.5) is 0 Å². The summed E-state index contributed by atoms with van der Waals surface area (Å²) in [6, 6.07) is -1.90. The highest BCUT2D eigenvalue weighted by atomic mass is 16.3. The van der Waals surface area contributed by atoms with Crippen molar-refractivity contribution in [2.75, 3.05) is 19.7 Å².